The Morgan fingerprint density at radius 1 is 1.39 bits per heavy atom. The molecule has 7 heteroatoms. The summed E-state index contributed by atoms with van der Waals surface area (Å²) < 4.78 is 8.54. The number of anilines is 1. The first kappa shape index (κ1) is 14.7. The van der Waals surface area contributed by atoms with Crippen LogP contribution in [0.3, 0.4) is 0 Å². The molecule has 1 aliphatic heterocycles. The molecule has 1 atom stereocenters. The molecule has 122 valence electrons. The summed E-state index contributed by atoms with van der Waals surface area (Å²) in [4.78, 5) is 7.19. The molecular weight excluding hydrogens is 310 g/mol. The zero-order chi connectivity index (χ0) is 16.1. The van der Waals surface area contributed by atoms with Gasteiger partial charge in [-0.3, -0.25) is 0 Å². The van der Waals surface area contributed by atoms with Crippen molar-refractivity contribution in [2.24, 2.45) is 7.05 Å². The van der Waals surface area contributed by atoms with Crippen molar-refractivity contribution in [1.82, 2.24) is 19.9 Å². The quantitative estimate of drug-likeness (QED) is 0.731. The van der Waals surface area contributed by atoms with Gasteiger partial charge in [0, 0.05) is 25.6 Å². The van der Waals surface area contributed by atoms with E-state index in [4.69, 9.17) is 9.51 Å². The maximum absolute atomic E-state index is 5.50. The minimum absolute atomic E-state index is 0.264. The largest absolute Gasteiger partial charge is 0.361 e. The van der Waals surface area contributed by atoms with Gasteiger partial charge in [0.25, 0.3) is 0 Å². The summed E-state index contributed by atoms with van der Waals surface area (Å²) in [6.45, 7) is 7.30. The molecule has 0 N–H and O–H groups in total. The van der Waals surface area contributed by atoms with Crippen molar-refractivity contribution in [3.8, 4) is 0 Å². The number of rotatable bonds is 3. The van der Waals surface area contributed by atoms with E-state index in [1.807, 2.05) is 18.7 Å². The molecule has 1 saturated heterocycles. The molecule has 3 aromatic rings. The van der Waals surface area contributed by atoms with Crippen molar-refractivity contribution in [3.05, 3.63) is 23.2 Å². The molecule has 1 aliphatic rings. The number of fused-ring (bicyclic) bond motifs is 1. The standard InChI is InChI=1S/C16H21N5OS/c1-9(2)13-8-11(19-22-13)12-6-5-7-21(12)16-17-15-14(23-16)10(3)18-20(15)4/h8-9,12H,5-7H2,1-4H3/t12-/m0/s1. The van der Waals surface area contributed by atoms with E-state index in [0.717, 1.165) is 47.3 Å². The fraction of sp³-hybridized carbons (Fsp3) is 0.562. The summed E-state index contributed by atoms with van der Waals surface area (Å²) >= 11 is 1.73. The van der Waals surface area contributed by atoms with E-state index in [-0.39, 0.29) is 6.04 Å². The van der Waals surface area contributed by atoms with Crippen molar-refractivity contribution < 1.29 is 4.52 Å². The molecule has 4 rings (SSSR count). The predicted molar refractivity (Wildman–Crippen MR) is 91.0 cm³/mol. The topological polar surface area (TPSA) is 60.0 Å². The molecule has 0 amide bonds. The highest BCUT2D eigenvalue weighted by Gasteiger charge is 2.31. The number of nitrogens with zero attached hydrogens (tertiary/aromatic N) is 5. The van der Waals surface area contributed by atoms with Gasteiger partial charge in [-0.15, -0.1) is 0 Å². The maximum Gasteiger partial charge on any atom is 0.188 e. The van der Waals surface area contributed by atoms with E-state index >= 15 is 0 Å². The van der Waals surface area contributed by atoms with Crippen LogP contribution < -0.4 is 4.90 Å². The van der Waals surface area contributed by atoms with Crippen molar-refractivity contribution >= 4 is 26.8 Å². The van der Waals surface area contributed by atoms with Crippen molar-refractivity contribution in [1.29, 1.82) is 0 Å². The highest BCUT2D eigenvalue weighted by atomic mass is 32.1. The molecule has 3 aromatic heterocycles. The van der Waals surface area contributed by atoms with Crippen LogP contribution in [0.1, 0.15) is 55.8 Å². The maximum atomic E-state index is 5.50. The summed E-state index contributed by atoms with van der Waals surface area (Å²) in [6.07, 6.45) is 2.25. The van der Waals surface area contributed by atoms with Crippen LogP contribution in [-0.2, 0) is 7.05 Å². The van der Waals surface area contributed by atoms with Gasteiger partial charge < -0.3 is 9.42 Å². The Kier molecular flexibility index (Phi) is 3.41. The average molecular weight is 331 g/mol. The van der Waals surface area contributed by atoms with Gasteiger partial charge in [-0.25, -0.2) is 9.67 Å². The molecule has 0 bridgehead atoms. The summed E-state index contributed by atoms with van der Waals surface area (Å²) in [5.74, 6) is 1.32. The van der Waals surface area contributed by atoms with E-state index < -0.39 is 0 Å². The van der Waals surface area contributed by atoms with Crippen LogP contribution in [0, 0.1) is 6.92 Å². The van der Waals surface area contributed by atoms with Gasteiger partial charge in [-0.1, -0.05) is 30.3 Å². The van der Waals surface area contributed by atoms with Gasteiger partial charge in [0.15, 0.2) is 10.8 Å². The third-order valence-corrected chi connectivity index (χ3v) is 5.68. The lowest BCUT2D eigenvalue weighted by Crippen LogP contribution is -2.22. The smallest absolute Gasteiger partial charge is 0.188 e. The monoisotopic (exact) mass is 331 g/mol. The Balaban J connectivity index is 1.69. The van der Waals surface area contributed by atoms with E-state index in [9.17, 15) is 0 Å². The van der Waals surface area contributed by atoms with Gasteiger partial charge in [0.05, 0.1) is 16.4 Å². The van der Waals surface area contributed by atoms with Gasteiger partial charge in [-0.05, 0) is 19.8 Å². The Labute approximate surface area is 139 Å². The van der Waals surface area contributed by atoms with E-state index in [1.165, 1.54) is 4.70 Å². The fourth-order valence-corrected chi connectivity index (χ4v) is 4.34. The first-order chi connectivity index (χ1) is 11.0. The first-order valence-electron chi connectivity index (χ1n) is 8.08. The second-order valence-corrected chi connectivity index (χ2v) is 7.50. The lowest BCUT2D eigenvalue weighted by molar-refractivity contribution is 0.362. The first-order valence-corrected chi connectivity index (χ1v) is 8.89. The SMILES string of the molecule is Cc1nn(C)c2nc(N3CCC[C@H]3c3cc(C(C)C)on3)sc12. The number of aromatic nitrogens is 4. The second-order valence-electron chi connectivity index (χ2n) is 6.52. The molecule has 0 aliphatic carbocycles. The summed E-state index contributed by atoms with van der Waals surface area (Å²) in [5, 5.41) is 9.81. The minimum Gasteiger partial charge on any atom is -0.361 e. The Morgan fingerprint density at radius 3 is 2.91 bits per heavy atom. The number of aryl methyl sites for hydroxylation is 2. The molecule has 0 saturated carbocycles. The normalized spacial score (nSPS) is 18.7. The molecule has 0 aromatic carbocycles. The molecule has 0 spiro atoms. The molecule has 23 heavy (non-hydrogen) atoms. The fourth-order valence-electron chi connectivity index (χ4n) is 3.23. The molecular formula is C16H21N5OS. The third-order valence-electron chi connectivity index (χ3n) is 4.49. The Bertz CT molecular complexity index is 812. The van der Waals surface area contributed by atoms with Crippen molar-refractivity contribution in [2.45, 2.75) is 45.6 Å². The van der Waals surface area contributed by atoms with Crippen molar-refractivity contribution in [2.75, 3.05) is 11.4 Å². The van der Waals surface area contributed by atoms with Gasteiger partial charge in [0.1, 0.15) is 11.5 Å². The number of thiazole rings is 1. The lowest BCUT2D eigenvalue weighted by Gasteiger charge is -2.21. The molecule has 1 fully saturated rings. The van der Waals surface area contributed by atoms with Crippen LogP contribution in [0.5, 0.6) is 0 Å². The van der Waals surface area contributed by atoms with Crippen LogP contribution in [0.25, 0.3) is 10.3 Å². The second kappa shape index (κ2) is 5.33. The van der Waals surface area contributed by atoms with Crippen LogP contribution in [-0.4, -0.2) is 26.5 Å². The summed E-state index contributed by atoms with van der Waals surface area (Å²) in [6, 6.07) is 2.37. The molecule has 0 radical (unpaired) electrons. The van der Waals surface area contributed by atoms with E-state index in [1.54, 1.807) is 11.3 Å². The summed E-state index contributed by atoms with van der Waals surface area (Å²) in [5.41, 5.74) is 3.04. The Morgan fingerprint density at radius 2 is 2.22 bits per heavy atom. The van der Waals surface area contributed by atoms with E-state index in [0.29, 0.717) is 5.92 Å². The zero-order valence-electron chi connectivity index (χ0n) is 13.9. The third kappa shape index (κ3) is 2.34. The Hall–Kier alpha value is -1.89. The van der Waals surface area contributed by atoms with Crippen LogP contribution in [0.2, 0.25) is 0 Å². The van der Waals surface area contributed by atoms with Gasteiger partial charge in [-0.2, -0.15) is 5.10 Å². The minimum atomic E-state index is 0.264. The molecule has 4 heterocycles. The molecule has 6 nitrogen and oxygen atoms in total. The van der Waals surface area contributed by atoms with Crippen LogP contribution >= 0.6 is 11.3 Å². The number of hydrogen-bond acceptors (Lipinski definition) is 6. The lowest BCUT2D eigenvalue weighted by atomic mass is 10.1. The highest BCUT2D eigenvalue weighted by molar-refractivity contribution is 7.22. The van der Waals surface area contributed by atoms with Crippen LogP contribution in [0.15, 0.2) is 10.6 Å². The molecule has 0 unspecified atom stereocenters. The number of hydrogen-bond donors (Lipinski definition) is 0. The van der Waals surface area contributed by atoms with Gasteiger partial charge in [0.2, 0.25) is 0 Å². The van der Waals surface area contributed by atoms with Crippen molar-refractivity contribution in [3.63, 3.8) is 0 Å². The highest BCUT2D eigenvalue weighted by Crippen LogP contribution is 2.40. The van der Waals surface area contributed by atoms with Crippen LogP contribution in [0.4, 0.5) is 5.13 Å². The zero-order valence-corrected chi connectivity index (χ0v) is 14.7. The summed E-state index contributed by atoms with van der Waals surface area (Å²) in [7, 11) is 1.95. The van der Waals surface area contributed by atoms with E-state index in [2.05, 4.69) is 35.1 Å². The van der Waals surface area contributed by atoms with Gasteiger partial charge >= 0.3 is 0 Å². The predicted octanol–water partition coefficient (Wildman–Crippen LogP) is 3.79. The average Bonchev–Trinajstić information content (AvgIpc) is 3.24.